The topological polar surface area (TPSA) is 65.8 Å². The fourth-order valence-corrected chi connectivity index (χ4v) is 3.41. The van der Waals surface area contributed by atoms with Gasteiger partial charge in [0.15, 0.2) is 5.76 Å². The monoisotopic (exact) mass is 389 g/mol. The Bertz CT molecular complexity index is 784. The molecular weight excluding hydrogens is 366 g/mol. The first-order chi connectivity index (χ1) is 13.1. The Morgan fingerprint density at radius 1 is 1.19 bits per heavy atom. The van der Waals surface area contributed by atoms with Crippen LogP contribution in [0.5, 0.6) is 0 Å². The molecule has 0 bridgehead atoms. The molecule has 0 atom stereocenters. The first-order valence-electron chi connectivity index (χ1n) is 9.25. The van der Waals surface area contributed by atoms with Gasteiger partial charge >= 0.3 is 0 Å². The average Bonchev–Trinajstić information content (AvgIpc) is 3.21. The van der Waals surface area contributed by atoms with Crippen molar-refractivity contribution in [1.82, 2.24) is 4.90 Å². The van der Waals surface area contributed by atoms with E-state index in [1.54, 1.807) is 23.1 Å². The predicted molar refractivity (Wildman–Crippen MR) is 106 cm³/mol. The van der Waals surface area contributed by atoms with Gasteiger partial charge in [-0.3, -0.25) is 9.59 Å². The van der Waals surface area contributed by atoms with E-state index in [0.29, 0.717) is 49.1 Å². The minimum Gasteiger partial charge on any atom is -0.459 e. The summed E-state index contributed by atoms with van der Waals surface area (Å²) in [6, 6.07) is 8.96. The maximum atomic E-state index is 12.3. The van der Waals surface area contributed by atoms with Gasteiger partial charge in [-0.05, 0) is 36.8 Å². The molecule has 2 amide bonds. The largest absolute Gasteiger partial charge is 0.459 e. The first-order valence-corrected chi connectivity index (χ1v) is 9.63. The number of unbranched alkanes of at least 4 members (excludes halogenated alkanes) is 1. The molecule has 1 fully saturated rings. The van der Waals surface area contributed by atoms with Gasteiger partial charge in [-0.15, -0.1) is 0 Å². The van der Waals surface area contributed by atoms with Crippen molar-refractivity contribution in [3.63, 3.8) is 0 Å². The molecule has 1 aromatic heterocycles. The van der Waals surface area contributed by atoms with Crippen LogP contribution in [-0.4, -0.2) is 42.9 Å². The van der Waals surface area contributed by atoms with Crippen LogP contribution in [0.25, 0.3) is 0 Å². The quantitative estimate of drug-likeness (QED) is 0.810. The van der Waals surface area contributed by atoms with E-state index < -0.39 is 0 Å². The maximum Gasteiger partial charge on any atom is 0.289 e. The second kappa shape index (κ2) is 8.95. The number of benzene rings is 1. The van der Waals surface area contributed by atoms with Crippen molar-refractivity contribution in [2.75, 3.05) is 36.4 Å². The summed E-state index contributed by atoms with van der Waals surface area (Å²) in [4.78, 5) is 28.1. The third-order valence-corrected chi connectivity index (χ3v) is 4.93. The molecule has 27 heavy (non-hydrogen) atoms. The molecule has 3 rings (SSSR count). The van der Waals surface area contributed by atoms with Crippen molar-refractivity contribution in [2.45, 2.75) is 26.2 Å². The van der Waals surface area contributed by atoms with Gasteiger partial charge < -0.3 is 19.5 Å². The van der Waals surface area contributed by atoms with Gasteiger partial charge in [0.1, 0.15) is 0 Å². The molecule has 0 unspecified atom stereocenters. The number of nitrogens with zero attached hydrogens (tertiary/aromatic N) is 2. The van der Waals surface area contributed by atoms with Gasteiger partial charge in [0, 0.05) is 38.3 Å². The van der Waals surface area contributed by atoms with E-state index in [1.165, 1.54) is 6.26 Å². The number of hydrogen-bond donors (Lipinski definition) is 1. The van der Waals surface area contributed by atoms with Crippen LogP contribution >= 0.6 is 11.6 Å². The van der Waals surface area contributed by atoms with Crippen LogP contribution in [0, 0.1) is 0 Å². The first kappa shape index (κ1) is 19.3. The van der Waals surface area contributed by atoms with Crippen LogP contribution in [0.2, 0.25) is 5.02 Å². The molecule has 0 saturated carbocycles. The fourth-order valence-electron chi connectivity index (χ4n) is 3.11. The molecule has 1 saturated heterocycles. The van der Waals surface area contributed by atoms with Crippen LogP contribution in [0.3, 0.4) is 0 Å². The van der Waals surface area contributed by atoms with Crippen molar-refractivity contribution in [1.29, 1.82) is 0 Å². The number of hydrogen-bond acceptors (Lipinski definition) is 4. The zero-order chi connectivity index (χ0) is 19.2. The highest BCUT2D eigenvalue weighted by Crippen LogP contribution is 2.30. The molecule has 1 aliphatic heterocycles. The number of anilines is 2. The third kappa shape index (κ3) is 4.83. The summed E-state index contributed by atoms with van der Waals surface area (Å²) in [6.45, 7) is 4.64. The van der Waals surface area contributed by atoms with Crippen LogP contribution in [0.1, 0.15) is 36.7 Å². The van der Waals surface area contributed by atoms with Gasteiger partial charge in [-0.2, -0.15) is 0 Å². The van der Waals surface area contributed by atoms with Crippen LogP contribution in [0.15, 0.2) is 41.0 Å². The van der Waals surface area contributed by atoms with Crippen molar-refractivity contribution >= 4 is 34.8 Å². The summed E-state index contributed by atoms with van der Waals surface area (Å²) < 4.78 is 5.19. The number of carbonyl (C=O) groups is 2. The fraction of sp³-hybridized carbons (Fsp3) is 0.400. The van der Waals surface area contributed by atoms with E-state index >= 15 is 0 Å². The van der Waals surface area contributed by atoms with Gasteiger partial charge in [0.2, 0.25) is 5.91 Å². The highest BCUT2D eigenvalue weighted by Gasteiger charge is 2.24. The Labute approximate surface area is 164 Å². The number of rotatable bonds is 6. The van der Waals surface area contributed by atoms with E-state index in [0.717, 1.165) is 18.5 Å². The SMILES string of the molecule is CCCCC(=O)Nc1ccc(N2CCN(C(=O)c3ccco3)CC2)c(Cl)c1. The second-order valence-electron chi connectivity index (χ2n) is 6.57. The number of nitrogens with one attached hydrogen (secondary N) is 1. The lowest BCUT2D eigenvalue weighted by molar-refractivity contribution is -0.116. The van der Waals surface area contributed by atoms with Crippen molar-refractivity contribution in [2.24, 2.45) is 0 Å². The Kier molecular flexibility index (Phi) is 6.40. The number of carbonyl (C=O) groups excluding carboxylic acids is 2. The summed E-state index contributed by atoms with van der Waals surface area (Å²) in [6.07, 6.45) is 3.88. The molecule has 1 N–H and O–H groups in total. The molecule has 1 aromatic carbocycles. The molecule has 1 aliphatic rings. The molecule has 2 aromatic rings. The Hall–Kier alpha value is -2.47. The van der Waals surface area contributed by atoms with Crippen molar-refractivity contribution in [3.8, 4) is 0 Å². The Balaban J connectivity index is 1.58. The molecule has 0 spiro atoms. The summed E-state index contributed by atoms with van der Waals surface area (Å²) in [7, 11) is 0. The summed E-state index contributed by atoms with van der Waals surface area (Å²) in [5.74, 6) is 0.284. The van der Waals surface area contributed by atoms with E-state index in [9.17, 15) is 9.59 Å². The zero-order valence-electron chi connectivity index (χ0n) is 15.4. The van der Waals surface area contributed by atoms with Crippen LogP contribution in [-0.2, 0) is 4.79 Å². The van der Waals surface area contributed by atoms with E-state index in [1.807, 2.05) is 12.1 Å². The van der Waals surface area contributed by atoms with E-state index in [4.69, 9.17) is 16.0 Å². The van der Waals surface area contributed by atoms with E-state index in [2.05, 4.69) is 17.1 Å². The zero-order valence-corrected chi connectivity index (χ0v) is 16.2. The lowest BCUT2D eigenvalue weighted by atomic mass is 10.2. The predicted octanol–water partition coefficient (Wildman–Crippen LogP) is 4.02. The van der Waals surface area contributed by atoms with Gasteiger partial charge in [-0.1, -0.05) is 24.9 Å². The van der Waals surface area contributed by atoms with Crippen LogP contribution < -0.4 is 10.2 Å². The summed E-state index contributed by atoms with van der Waals surface area (Å²) in [5.41, 5.74) is 1.62. The standard InChI is InChI=1S/C20H24ClN3O3/c1-2-3-6-19(25)22-15-7-8-17(16(21)14-15)23-9-11-24(12-10-23)20(26)18-5-4-13-27-18/h4-5,7-8,13-14H,2-3,6,9-12H2,1H3,(H,22,25). The lowest BCUT2D eigenvalue weighted by Gasteiger charge is -2.36. The van der Waals surface area contributed by atoms with Crippen molar-refractivity contribution in [3.05, 3.63) is 47.4 Å². The number of halogens is 1. The average molecular weight is 390 g/mol. The molecule has 6 nitrogen and oxygen atoms in total. The second-order valence-corrected chi connectivity index (χ2v) is 6.98. The molecule has 7 heteroatoms. The molecule has 0 aliphatic carbocycles. The molecule has 0 radical (unpaired) electrons. The minimum atomic E-state index is -0.0871. The van der Waals surface area contributed by atoms with Crippen LogP contribution in [0.4, 0.5) is 11.4 Å². The van der Waals surface area contributed by atoms with Gasteiger partial charge in [0.25, 0.3) is 5.91 Å². The third-order valence-electron chi connectivity index (χ3n) is 4.63. The maximum absolute atomic E-state index is 12.3. The molecule has 2 heterocycles. The molecular formula is C20H24ClN3O3. The highest BCUT2D eigenvalue weighted by atomic mass is 35.5. The molecule has 144 valence electrons. The van der Waals surface area contributed by atoms with Gasteiger partial charge in [0.05, 0.1) is 17.0 Å². The van der Waals surface area contributed by atoms with Gasteiger partial charge in [-0.25, -0.2) is 0 Å². The minimum absolute atomic E-state index is 0.00530. The number of amides is 2. The lowest BCUT2D eigenvalue weighted by Crippen LogP contribution is -2.48. The number of furan rings is 1. The number of piperazine rings is 1. The Morgan fingerprint density at radius 2 is 1.96 bits per heavy atom. The normalized spacial score (nSPS) is 14.3. The summed E-state index contributed by atoms with van der Waals surface area (Å²) >= 11 is 6.44. The highest BCUT2D eigenvalue weighted by molar-refractivity contribution is 6.33. The van der Waals surface area contributed by atoms with E-state index in [-0.39, 0.29) is 11.8 Å². The smallest absolute Gasteiger partial charge is 0.289 e. The van der Waals surface area contributed by atoms with Crippen molar-refractivity contribution < 1.29 is 14.0 Å². The Morgan fingerprint density at radius 3 is 2.59 bits per heavy atom. The summed E-state index contributed by atoms with van der Waals surface area (Å²) in [5, 5.41) is 3.47.